The maximum absolute atomic E-state index is 13.2. The van der Waals surface area contributed by atoms with E-state index >= 15 is 0 Å². The molecule has 2 saturated heterocycles. The maximum Gasteiger partial charge on any atom is 0.294 e. The van der Waals surface area contributed by atoms with Crippen LogP contribution in [0.4, 0.5) is 5.82 Å². The second kappa shape index (κ2) is 8.95. The number of aliphatic hydroxyl groups is 1. The number of aromatic nitrogens is 2. The van der Waals surface area contributed by atoms with Gasteiger partial charge in [0.25, 0.3) is 5.56 Å². The lowest BCUT2D eigenvalue weighted by Crippen LogP contribution is -2.44. The highest BCUT2D eigenvalue weighted by Gasteiger charge is 2.26. The van der Waals surface area contributed by atoms with Crippen molar-refractivity contribution in [2.75, 3.05) is 31.1 Å². The van der Waals surface area contributed by atoms with Crippen LogP contribution in [-0.2, 0) is 11.3 Å². The number of carbonyl (C=O) groups is 1. The molecule has 4 rings (SSSR count). The molecular formula is C22H30N4O3. The van der Waals surface area contributed by atoms with Crippen molar-refractivity contribution in [3.8, 4) is 0 Å². The molecule has 1 atom stereocenters. The molecule has 1 aromatic carbocycles. The second-order valence-electron chi connectivity index (χ2n) is 8.07. The summed E-state index contributed by atoms with van der Waals surface area (Å²) >= 11 is 0. The average molecular weight is 399 g/mol. The molecule has 1 amide bonds. The van der Waals surface area contributed by atoms with Gasteiger partial charge in [-0.3, -0.25) is 9.59 Å². The Morgan fingerprint density at radius 3 is 2.66 bits per heavy atom. The van der Waals surface area contributed by atoms with E-state index in [0.717, 1.165) is 62.8 Å². The Morgan fingerprint density at radius 2 is 1.86 bits per heavy atom. The summed E-state index contributed by atoms with van der Waals surface area (Å²) < 4.78 is 1.72. The number of rotatable bonds is 6. The molecule has 1 N–H and O–H groups in total. The number of hydrogen-bond donors (Lipinski definition) is 1. The van der Waals surface area contributed by atoms with E-state index in [0.29, 0.717) is 18.8 Å². The Hall–Kier alpha value is -2.41. The summed E-state index contributed by atoms with van der Waals surface area (Å²) in [5.74, 6) is 0.573. The number of likely N-dealkylation sites (tertiary alicyclic amines) is 1. The van der Waals surface area contributed by atoms with Gasteiger partial charge in [0, 0.05) is 45.2 Å². The van der Waals surface area contributed by atoms with E-state index in [1.54, 1.807) is 4.57 Å². The number of aryl methyl sites for hydroxylation is 1. The first-order chi connectivity index (χ1) is 14.2. The Balaban J connectivity index is 1.59. The van der Waals surface area contributed by atoms with Gasteiger partial charge in [-0.15, -0.1) is 0 Å². The van der Waals surface area contributed by atoms with Crippen molar-refractivity contribution in [1.29, 1.82) is 0 Å². The SMILES string of the molecule is O=C(CCn1c(=O)c(N2CCCC2)nc2ccccc21)N1CCCCC1CCO. The molecule has 2 aromatic rings. The summed E-state index contributed by atoms with van der Waals surface area (Å²) in [6.07, 6.45) is 6.12. The summed E-state index contributed by atoms with van der Waals surface area (Å²) in [6, 6.07) is 7.77. The number of anilines is 1. The number of nitrogens with zero attached hydrogens (tertiary/aromatic N) is 4. The fourth-order valence-corrected chi connectivity index (χ4v) is 4.66. The van der Waals surface area contributed by atoms with Crippen LogP contribution in [0.1, 0.15) is 44.9 Å². The molecule has 0 aliphatic carbocycles. The predicted octanol–water partition coefficient (Wildman–Crippen LogP) is 2.15. The predicted molar refractivity (Wildman–Crippen MR) is 113 cm³/mol. The highest BCUT2D eigenvalue weighted by molar-refractivity contribution is 5.78. The van der Waals surface area contributed by atoms with Crippen molar-refractivity contribution in [3.05, 3.63) is 34.6 Å². The third-order valence-corrected chi connectivity index (χ3v) is 6.20. The molecule has 156 valence electrons. The van der Waals surface area contributed by atoms with Crippen LogP contribution >= 0.6 is 0 Å². The molecule has 2 aliphatic heterocycles. The van der Waals surface area contributed by atoms with Gasteiger partial charge in [-0.25, -0.2) is 4.98 Å². The van der Waals surface area contributed by atoms with Gasteiger partial charge in [0.15, 0.2) is 5.82 Å². The molecule has 29 heavy (non-hydrogen) atoms. The Bertz CT molecular complexity index is 918. The van der Waals surface area contributed by atoms with E-state index < -0.39 is 0 Å². The van der Waals surface area contributed by atoms with Crippen LogP contribution in [0.3, 0.4) is 0 Å². The lowest BCUT2D eigenvalue weighted by atomic mass is 9.99. The number of hydrogen-bond acceptors (Lipinski definition) is 5. The highest BCUT2D eigenvalue weighted by Crippen LogP contribution is 2.22. The summed E-state index contributed by atoms with van der Waals surface area (Å²) in [5.41, 5.74) is 1.46. The van der Waals surface area contributed by atoms with Crippen molar-refractivity contribution in [1.82, 2.24) is 14.5 Å². The van der Waals surface area contributed by atoms with Gasteiger partial charge in [0.1, 0.15) is 0 Å². The molecule has 0 saturated carbocycles. The lowest BCUT2D eigenvalue weighted by molar-refractivity contribution is -0.135. The summed E-state index contributed by atoms with van der Waals surface area (Å²) in [4.78, 5) is 34.8. The van der Waals surface area contributed by atoms with Crippen LogP contribution in [0.2, 0.25) is 0 Å². The zero-order valence-electron chi connectivity index (χ0n) is 16.9. The van der Waals surface area contributed by atoms with Crippen molar-refractivity contribution in [3.63, 3.8) is 0 Å². The Kier molecular flexibility index (Phi) is 6.13. The number of aliphatic hydroxyl groups excluding tert-OH is 1. The minimum absolute atomic E-state index is 0.0682. The number of benzene rings is 1. The second-order valence-corrected chi connectivity index (χ2v) is 8.07. The first-order valence-corrected chi connectivity index (χ1v) is 10.8. The van der Waals surface area contributed by atoms with Crippen LogP contribution in [0.5, 0.6) is 0 Å². The van der Waals surface area contributed by atoms with Crippen molar-refractivity contribution in [2.24, 2.45) is 0 Å². The number of carbonyl (C=O) groups excluding carboxylic acids is 1. The monoisotopic (exact) mass is 398 g/mol. The topological polar surface area (TPSA) is 78.7 Å². The van der Waals surface area contributed by atoms with E-state index in [1.165, 1.54) is 0 Å². The number of amides is 1. The zero-order valence-corrected chi connectivity index (χ0v) is 16.9. The van der Waals surface area contributed by atoms with Gasteiger partial charge >= 0.3 is 0 Å². The Labute approximate surface area is 170 Å². The van der Waals surface area contributed by atoms with E-state index in [1.807, 2.05) is 29.2 Å². The van der Waals surface area contributed by atoms with Gasteiger partial charge < -0.3 is 19.5 Å². The van der Waals surface area contributed by atoms with Gasteiger partial charge in [-0.05, 0) is 50.7 Å². The molecular weight excluding hydrogens is 368 g/mol. The normalized spacial score (nSPS) is 19.8. The summed E-state index contributed by atoms with van der Waals surface area (Å²) in [5, 5.41) is 9.32. The van der Waals surface area contributed by atoms with Crippen molar-refractivity contribution in [2.45, 2.75) is 57.5 Å². The van der Waals surface area contributed by atoms with Gasteiger partial charge in [0.2, 0.25) is 5.91 Å². The van der Waals surface area contributed by atoms with Gasteiger partial charge in [-0.2, -0.15) is 0 Å². The standard InChI is InChI=1S/C22H30N4O3/c27-16-11-17-7-3-4-14-25(17)20(28)10-15-26-19-9-2-1-8-18(19)23-21(22(26)29)24-12-5-6-13-24/h1-2,8-9,17,27H,3-7,10-16H2. The van der Waals surface area contributed by atoms with E-state index in [9.17, 15) is 14.7 Å². The third-order valence-electron chi connectivity index (χ3n) is 6.20. The van der Waals surface area contributed by atoms with Gasteiger partial charge in [0.05, 0.1) is 11.0 Å². The maximum atomic E-state index is 13.2. The molecule has 0 bridgehead atoms. The smallest absolute Gasteiger partial charge is 0.294 e. The first kappa shape index (κ1) is 19.9. The summed E-state index contributed by atoms with van der Waals surface area (Å²) in [7, 11) is 0. The minimum atomic E-state index is -0.107. The molecule has 3 heterocycles. The van der Waals surface area contributed by atoms with E-state index in [4.69, 9.17) is 0 Å². The molecule has 2 aliphatic rings. The van der Waals surface area contributed by atoms with Crippen LogP contribution in [0, 0.1) is 0 Å². The van der Waals surface area contributed by atoms with E-state index in [-0.39, 0.29) is 30.5 Å². The molecule has 1 aromatic heterocycles. The number of piperidine rings is 1. The number of fused-ring (bicyclic) bond motifs is 1. The minimum Gasteiger partial charge on any atom is -0.396 e. The molecule has 2 fully saturated rings. The fraction of sp³-hybridized carbons (Fsp3) is 0.591. The largest absolute Gasteiger partial charge is 0.396 e. The lowest BCUT2D eigenvalue weighted by Gasteiger charge is -2.35. The Morgan fingerprint density at radius 1 is 1.10 bits per heavy atom. The van der Waals surface area contributed by atoms with Gasteiger partial charge in [-0.1, -0.05) is 12.1 Å². The third kappa shape index (κ3) is 4.15. The highest BCUT2D eigenvalue weighted by atomic mass is 16.3. The van der Waals surface area contributed by atoms with Crippen LogP contribution in [-0.4, -0.2) is 57.7 Å². The van der Waals surface area contributed by atoms with Crippen LogP contribution < -0.4 is 10.5 Å². The molecule has 7 nitrogen and oxygen atoms in total. The zero-order chi connectivity index (χ0) is 20.2. The molecule has 0 radical (unpaired) electrons. The van der Waals surface area contributed by atoms with E-state index in [2.05, 4.69) is 9.88 Å². The average Bonchev–Trinajstić information content (AvgIpc) is 3.28. The van der Waals surface area contributed by atoms with Crippen molar-refractivity contribution < 1.29 is 9.90 Å². The van der Waals surface area contributed by atoms with Crippen LogP contribution in [0.25, 0.3) is 11.0 Å². The molecule has 7 heteroatoms. The fourth-order valence-electron chi connectivity index (χ4n) is 4.66. The van der Waals surface area contributed by atoms with Crippen LogP contribution in [0.15, 0.2) is 29.1 Å². The van der Waals surface area contributed by atoms with Crippen molar-refractivity contribution >= 4 is 22.8 Å². The molecule has 0 spiro atoms. The summed E-state index contributed by atoms with van der Waals surface area (Å²) in [6.45, 7) is 2.91. The quantitative estimate of drug-likeness (QED) is 0.807. The first-order valence-electron chi connectivity index (χ1n) is 10.8. The molecule has 1 unspecified atom stereocenters. The number of para-hydroxylation sites is 2.